The van der Waals surface area contributed by atoms with Crippen molar-refractivity contribution >= 4 is 17.5 Å². The lowest BCUT2D eigenvalue weighted by Gasteiger charge is -2.25. The van der Waals surface area contributed by atoms with E-state index in [0.717, 1.165) is 22.6 Å². The van der Waals surface area contributed by atoms with Gasteiger partial charge < -0.3 is 4.90 Å². The summed E-state index contributed by atoms with van der Waals surface area (Å²) < 4.78 is 3.42. The predicted octanol–water partition coefficient (Wildman–Crippen LogP) is 4.25. The van der Waals surface area contributed by atoms with Gasteiger partial charge >= 0.3 is 0 Å². The molecule has 4 aromatic rings. The number of nitrogens with zero attached hydrogens (tertiary/aromatic N) is 6. The Morgan fingerprint density at radius 1 is 1.10 bits per heavy atom. The van der Waals surface area contributed by atoms with Gasteiger partial charge in [-0.05, 0) is 49.7 Å². The van der Waals surface area contributed by atoms with Crippen molar-refractivity contribution in [2.75, 3.05) is 7.05 Å². The molecule has 8 heteroatoms. The molecule has 0 aliphatic rings. The van der Waals surface area contributed by atoms with Crippen molar-refractivity contribution in [1.29, 1.82) is 0 Å². The van der Waals surface area contributed by atoms with Gasteiger partial charge in [-0.2, -0.15) is 10.2 Å². The van der Waals surface area contributed by atoms with E-state index in [9.17, 15) is 4.79 Å². The smallest absolute Gasteiger partial charge is 0.257 e. The van der Waals surface area contributed by atoms with Crippen LogP contribution in [0.5, 0.6) is 0 Å². The van der Waals surface area contributed by atoms with Gasteiger partial charge in [0, 0.05) is 12.1 Å². The third kappa shape index (κ3) is 3.71. The number of carbonyl (C=O) groups excluding carboxylic acids is 1. The second-order valence-corrected chi connectivity index (χ2v) is 7.50. The molecule has 0 aliphatic heterocycles. The summed E-state index contributed by atoms with van der Waals surface area (Å²) in [7, 11) is 1.80. The van der Waals surface area contributed by atoms with Crippen LogP contribution in [0.25, 0.3) is 11.4 Å². The molecule has 2 aromatic heterocycles. The topological polar surface area (TPSA) is 68.8 Å². The Bertz CT molecular complexity index is 1170. The standard InChI is InChI=1S/C22H21ClN6O/c1-15(17-7-9-19(10-8-17)28-14-24-13-26-28)27(3)22(30)21-12-25-29(16(21)2)20-6-4-5-18(23)11-20/h4-15H,1-3H3/t15-/m1/s1. The highest BCUT2D eigenvalue weighted by Gasteiger charge is 2.23. The van der Waals surface area contributed by atoms with E-state index in [-0.39, 0.29) is 11.9 Å². The van der Waals surface area contributed by atoms with Crippen LogP contribution in [0, 0.1) is 6.92 Å². The first-order valence-corrected chi connectivity index (χ1v) is 9.86. The molecule has 30 heavy (non-hydrogen) atoms. The zero-order valence-electron chi connectivity index (χ0n) is 16.9. The van der Waals surface area contributed by atoms with E-state index in [1.165, 1.54) is 6.33 Å². The minimum Gasteiger partial charge on any atom is -0.335 e. The second kappa shape index (κ2) is 8.12. The van der Waals surface area contributed by atoms with Gasteiger partial charge in [-0.25, -0.2) is 14.3 Å². The number of aromatic nitrogens is 5. The summed E-state index contributed by atoms with van der Waals surface area (Å²) >= 11 is 6.09. The van der Waals surface area contributed by atoms with E-state index in [4.69, 9.17) is 11.6 Å². The molecule has 7 nitrogen and oxygen atoms in total. The van der Waals surface area contributed by atoms with E-state index in [1.807, 2.05) is 56.3 Å². The SMILES string of the molecule is Cc1c(C(=O)N(C)[C@H](C)c2ccc(-n3cncn3)cc2)cnn1-c1cccc(Cl)c1. The number of benzene rings is 2. The molecule has 1 atom stereocenters. The minimum absolute atomic E-state index is 0.0892. The number of halogens is 1. The Hall–Kier alpha value is -3.45. The van der Waals surface area contributed by atoms with Crippen molar-refractivity contribution in [3.8, 4) is 11.4 Å². The number of hydrogen-bond acceptors (Lipinski definition) is 4. The molecule has 0 spiro atoms. The lowest BCUT2D eigenvalue weighted by Crippen LogP contribution is -2.30. The second-order valence-electron chi connectivity index (χ2n) is 7.06. The van der Waals surface area contributed by atoms with Crippen LogP contribution in [0.1, 0.15) is 34.6 Å². The van der Waals surface area contributed by atoms with E-state index in [2.05, 4.69) is 15.2 Å². The third-order valence-corrected chi connectivity index (χ3v) is 5.49. The molecular formula is C22H21ClN6O. The Labute approximate surface area is 179 Å². The first-order valence-electron chi connectivity index (χ1n) is 9.48. The lowest BCUT2D eigenvalue weighted by molar-refractivity contribution is 0.0742. The molecule has 2 heterocycles. The maximum absolute atomic E-state index is 13.2. The van der Waals surface area contributed by atoms with Gasteiger partial charge in [0.1, 0.15) is 12.7 Å². The Kier molecular flexibility index (Phi) is 5.37. The van der Waals surface area contributed by atoms with Gasteiger partial charge in [-0.1, -0.05) is 29.8 Å². The first kappa shape index (κ1) is 19.8. The zero-order valence-corrected chi connectivity index (χ0v) is 17.7. The van der Waals surface area contributed by atoms with Crippen LogP contribution in [-0.2, 0) is 0 Å². The largest absolute Gasteiger partial charge is 0.335 e. The molecule has 0 radical (unpaired) electrons. The van der Waals surface area contributed by atoms with E-state index < -0.39 is 0 Å². The van der Waals surface area contributed by atoms with Crippen molar-refractivity contribution in [1.82, 2.24) is 29.4 Å². The van der Waals surface area contributed by atoms with Crippen molar-refractivity contribution in [3.63, 3.8) is 0 Å². The molecule has 0 bridgehead atoms. The first-order chi connectivity index (χ1) is 14.5. The van der Waals surface area contributed by atoms with Gasteiger partial charge in [0.05, 0.1) is 34.9 Å². The number of carbonyl (C=O) groups is 1. The van der Waals surface area contributed by atoms with Crippen LogP contribution in [0.2, 0.25) is 5.02 Å². The summed E-state index contributed by atoms with van der Waals surface area (Å²) in [4.78, 5) is 18.9. The molecule has 0 N–H and O–H groups in total. The van der Waals surface area contributed by atoms with Crippen molar-refractivity contribution in [3.05, 3.63) is 89.2 Å². The van der Waals surface area contributed by atoms with Gasteiger partial charge in [0.2, 0.25) is 0 Å². The molecule has 0 saturated heterocycles. The van der Waals surface area contributed by atoms with Crippen LogP contribution in [0.3, 0.4) is 0 Å². The molecule has 0 unspecified atom stereocenters. The fraction of sp³-hybridized carbons (Fsp3) is 0.182. The van der Waals surface area contributed by atoms with Gasteiger partial charge in [0.25, 0.3) is 5.91 Å². The summed E-state index contributed by atoms with van der Waals surface area (Å²) in [5, 5.41) is 9.15. The summed E-state index contributed by atoms with van der Waals surface area (Å²) in [6.07, 6.45) is 4.75. The Morgan fingerprint density at radius 2 is 1.87 bits per heavy atom. The summed E-state index contributed by atoms with van der Waals surface area (Å²) in [6.45, 7) is 3.88. The van der Waals surface area contributed by atoms with Gasteiger partial charge in [-0.3, -0.25) is 4.79 Å². The van der Waals surface area contributed by atoms with Crippen LogP contribution in [0.4, 0.5) is 0 Å². The average Bonchev–Trinajstić information content (AvgIpc) is 3.42. The maximum atomic E-state index is 13.2. The van der Waals surface area contributed by atoms with Crippen molar-refractivity contribution in [2.24, 2.45) is 0 Å². The quantitative estimate of drug-likeness (QED) is 0.484. The lowest BCUT2D eigenvalue weighted by atomic mass is 10.1. The maximum Gasteiger partial charge on any atom is 0.257 e. The highest BCUT2D eigenvalue weighted by atomic mass is 35.5. The molecule has 4 rings (SSSR count). The van der Waals surface area contributed by atoms with Crippen LogP contribution in [0.15, 0.2) is 67.4 Å². The monoisotopic (exact) mass is 420 g/mol. The Morgan fingerprint density at radius 3 is 2.53 bits per heavy atom. The van der Waals surface area contributed by atoms with Gasteiger partial charge in [-0.15, -0.1) is 0 Å². The normalized spacial score (nSPS) is 12.0. The molecule has 0 aliphatic carbocycles. The van der Waals surface area contributed by atoms with Crippen LogP contribution in [-0.4, -0.2) is 42.4 Å². The van der Waals surface area contributed by atoms with E-state index in [0.29, 0.717) is 10.6 Å². The molecule has 152 valence electrons. The summed E-state index contributed by atoms with van der Waals surface area (Å²) in [5.41, 5.74) is 4.08. The summed E-state index contributed by atoms with van der Waals surface area (Å²) in [6, 6.07) is 15.2. The average molecular weight is 421 g/mol. The fourth-order valence-electron chi connectivity index (χ4n) is 3.32. The van der Waals surface area contributed by atoms with Gasteiger partial charge in [0.15, 0.2) is 0 Å². The highest BCUT2D eigenvalue weighted by molar-refractivity contribution is 6.30. The van der Waals surface area contributed by atoms with Crippen LogP contribution < -0.4 is 0 Å². The highest BCUT2D eigenvalue weighted by Crippen LogP contribution is 2.24. The molecule has 2 aromatic carbocycles. The molecular weight excluding hydrogens is 400 g/mol. The molecule has 0 saturated carbocycles. The molecule has 1 amide bonds. The fourth-order valence-corrected chi connectivity index (χ4v) is 3.51. The number of hydrogen-bond donors (Lipinski definition) is 0. The predicted molar refractivity (Wildman–Crippen MR) is 115 cm³/mol. The summed E-state index contributed by atoms with van der Waals surface area (Å²) in [5.74, 6) is -0.0892. The number of amides is 1. The Balaban J connectivity index is 1.55. The third-order valence-electron chi connectivity index (χ3n) is 5.25. The van der Waals surface area contributed by atoms with E-state index in [1.54, 1.807) is 39.9 Å². The van der Waals surface area contributed by atoms with Crippen molar-refractivity contribution < 1.29 is 4.79 Å². The molecule has 0 fully saturated rings. The minimum atomic E-state index is -0.115. The zero-order chi connectivity index (χ0) is 21.3. The van der Waals surface area contributed by atoms with Crippen LogP contribution >= 0.6 is 11.6 Å². The number of rotatable bonds is 5. The van der Waals surface area contributed by atoms with E-state index >= 15 is 0 Å². The van der Waals surface area contributed by atoms with Crippen molar-refractivity contribution in [2.45, 2.75) is 19.9 Å².